The summed E-state index contributed by atoms with van der Waals surface area (Å²) in [5.41, 5.74) is -0.170. The highest BCUT2D eigenvalue weighted by Gasteiger charge is 2.58. The fraction of sp³-hybridized carbons (Fsp3) is 0.353. The highest BCUT2D eigenvalue weighted by molar-refractivity contribution is 6.40. The highest BCUT2D eigenvalue weighted by atomic mass is 35.5. The summed E-state index contributed by atoms with van der Waals surface area (Å²) in [4.78, 5) is 52.4. The summed E-state index contributed by atoms with van der Waals surface area (Å²) in [6, 6.07) is 19.9. The maximum Gasteiger partial charge on any atom is 0.328 e. The number of para-hydroxylation sites is 1. The molecule has 1 aliphatic rings. The van der Waals surface area contributed by atoms with Crippen LogP contribution in [0, 0.1) is 16.7 Å². The Labute approximate surface area is 273 Å². The van der Waals surface area contributed by atoms with Crippen LogP contribution < -0.4 is 20.7 Å². The molecule has 1 aliphatic carbocycles. The molecule has 1 fully saturated rings. The van der Waals surface area contributed by atoms with Crippen LogP contribution in [0.25, 0.3) is 0 Å². The van der Waals surface area contributed by atoms with Crippen molar-refractivity contribution in [3.05, 3.63) is 94.0 Å². The third-order valence-corrected chi connectivity index (χ3v) is 9.53. The van der Waals surface area contributed by atoms with Gasteiger partial charge in [0.2, 0.25) is 11.8 Å². The number of anilines is 1. The largest absolute Gasteiger partial charge is 0.473 e. The van der Waals surface area contributed by atoms with E-state index in [2.05, 4.69) is 16.0 Å². The van der Waals surface area contributed by atoms with Crippen LogP contribution in [0.5, 0.6) is 5.75 Å². The minimum atomic E-state index is -0.958. The second-order valence-electron chi connectivity index (χ2n) is 11.8. The van der Waals surface area contributed by atoms with Crippen LogP contribution in [-0.4, -0.2) is 43.6 Å². The molecule has 0 heterocycles. The molecule has 3 aromatic carbocycles. The summed E-state index contributed by atoms with van der Waals surface area (Å²) in [6.45, 7) is 5.66. The smallest absolute Gasteiger partial charge is 0.328 e. The van der Waals surface area contributed by atoms with E-state index in [9.17, 15) is 19.2 Å². The Morgan fingerprint density at radius 1 is 0.911 bits per heavy atom. The summed E-state index contributed by atoms with van der Waals surface area (Å²) in [7, 11) is 1.26. The lowest BCUT2D eigenvalue weighted by Crippen LogP contribution is -2.52. The number of rotatable bonds is 11. The van der Waals surface area contributed by atoms with E-state index in [1.54, 1.807) is 54.6 Å². The lowest BCUT2D eigenvalue weighted by atomic mass is 9.65. The molecule has 0 aromatic heterocycles. The third-order valence-electron chi connectivity index (χ3n) is 8.90. The van der Waals surface area contributed by atoms with Crippen molar-refractivity contribution in [2.45, 2.75) is 46.1 Å². The molecule has 11 heteroatoms. The first-order chi connectivity index (χ1) is 21.4. The van der Waals surface area contributed by atoms with E-state index in [1.165, 1.54) is 7.11 Å². The molecule has 0 saturated heterocycles. The Hall–Kier alpha value is -4.08. The van der Waals surface area contributed by atoms with Crippen molar-refractivity contribution in [1.29, 1.82) is 0 Å². The van der Waals surface area contributed by atoms with Crippen molar-refractivity contribution in [1.82, 2.24) is 10.6 Å². The fourth-order valence-corrected chi connectivity index (χ4v) is 6.31. The maximum atomic E-state index is 13.6. The number of esters is 1. The van der Waals surface area contributed by atoms with E-state index in [1.807, 2.05) is 39.0 Å². The van der Waals surface area contributed by atoms with Crippen LogP contribution in [0.15, 0.2) is 72.8 Å². The molecule has 238 valence electrons. The molecule has 9 nitrogen and oxygen atoms in total. The SMILES string of the molecule is COC(=O)[C@H](Cc1ccc(NC(=O)c2c(Cl)cccc2Cl)cc1)NC(=O)[C@H]1CC[C@@](C)(C(=O)NCOc2ccccc2)C1(C)C. The molecular formula is C34H37Cl2N3O6. The third kappa shape index (κ3) is 7.60. The second-order valence-corrected chi connectivity index (χ2v) is 12.6. The number of carbonyl (C=O) groups is 4. The summed E-state index contributed by atoms with van der Waals surface area (Å²) >= 11 is 12.3. The van der Waals surface area contributed by atoms with E-state index < -0.39 is 34.7 Å². The highest BCUT2D eigenvalue weighted by Crippen LogP contribution is 2.56. The topological polar surface area (TPSA) is 123 Å². The zero-order valence-corrected chi connectivity index (χ0v) is 27.1. The molecule has 3 amide bonds. The normalized spacial score (nSPS) is 19.2. The standard InChI is InChI=1S/C34H37Cl2N3O6/c1-33(2)24(17-18-34(33,3)32(43)37-20-45-23-9-6-5-7-10-23)29(40)39-27(31(42)44-4)19-21-13-15-22(16-14-21)38-30(41)28-25(35)11-8-12-26(28)36/h5-16,24,27H,17-20H2,1-4H3,(H,37,43)(H,38,41)(H,39,40)/t24-,27+,34+/m1/s1. The predicted molar refractivity (Wildman–Crippen MR) is 173 cm³/mol. The molecule has 1 saturated carbocycles. The van der Waals surface area contributed by atoms with Crippen molar-refractivity contribution < 1.29 is 28.7 Å². The minimum absolute atomic E-state index is 0.00596. The summed E-state index contributed by atoms with van der Waals surface area (Å²) in [6.07, 6.45) is 1.12. The zero-order chi connectivity index (χ0) is 32.8. The molecular weight excluding hydrogens is 617 g/mol. The van der Waals surface area contributed by atoms with Crippen LogP contribution in [0.1, 0.15) is 49.5 Å². The van der Waals surface area contributed by atoms with Gasteiger partial charge in [0.15, 0.2) is 6.73 Å². The quantitative estimate of drug-likeness (QED) is 0.171. The van der Waals surface area contributed by atoms with Gasteiger partial charge in [-0.15, -0.1) is 0 Å². The van der Waals surface area contributed by atoms with Gasteiger partial charge in [0.05, 0.1) is 28.1 Å². The number of amides is 3. The molecule has 4 rings (SSSR count). The number of hydrogen-bond donors (Lipinski definition) is 3. The lowest BCUT2D eigenvalue weighted by Gasteiger charge is -2.40. The number of carbonyl (C=O) groups excluding carboxylic acids is 4. The number of ether oxygens (including phenoxy) is 2. The molecule has 0 spiro atoms. The molecule has 3 N–H and O–H groups in total. The van der Waals surface area contributed by atoms with Gasteiger partial charge in [-0.1, -0.05) is 80.4 Å². The van der Waals surface area contributed by atoms with Gasteiger partial charge in [-0.25, -0.2) is 4.79 Å². The molecule has 0 unspecified atom stereocenters. The van der Waals surface area contributed by atoms with Crippen molar-refractivity contribution in [2.75, 3.05) is 19.2 Å². The van der Waals surface area contributed by atoms with Crippen molar-refractivity contribution in [2.24, 2.45) is 16.7 Å². The first-order valence-electron chi connectivity index (χ1n) is 14.6. The zero-order valence-electron chi connectivity index (χ0n) is 25.6. The van der Waals surface area contributed by atoms with Gasteiger partial charge in [0.25, 0.3) is 5.91 Å². The minimum Gasteiger partial charge on any atom is -0.473 e. The van der Waals surface area contributed by atoms with Gasteiger partial charge in [0, 0.05) is 18.0 Å². The molecule has 0 bridgehead atoms. The van der Waals surface area contributed by atoms with Crippen LogP contribution in [0.3, 0.4) is 0 Å². The van der Waals surface area contributed by atoms with Gasteiger partial charge in [-0.2, -0.15) is 0 Å². The van der Waals surface area contributed by atoms with Crippen LogP contribution >= 0.6 is 23.2 Å². The number of benzene rings is 3. The van der Waals surface area contributed by atoms with E-state index in [4.69, 9.17) is 32.7 Å². The monoisotopic (exact) mass is 653 g/mol. The molecule has 0 aliphatic heterocycles. The van der Waals surface area contributed by atoms with Gasteiger partial charge < -0.3 is 25.4 Å². The Morgan fingerprint density at radius 2 is 1.56 bits per heavy atom. The van der Waals surface area contributed by atoms with Crippen molar-refractivity contribution in [3.8, 4) is 5.75 Å². The van der Waals surface area contributed by atoms with Crippen molar-refractivity contribution >= 4 is 52.6 Å². The Bertz CT molecular complexity index is 1530. The fourth-order valence-electron chi connectivity index (χ4n) is 5.74. The summed E-state index contributed by atoms with van der Waals surface area (Å²) < 4.78 is 10.6. The first-order valence-corrected chi connectivity index (χ1v) is 15.3. The van der Waals surface area contributed by atoms with Crippen LogP contribution in [0.2, 0.25) is 10.0 Å². The second kappa shape index (κ2) is 14.3. The Morgan fingerprint density at radius 3 is 2.18 bits per heavy atom. The summed E-state index contributed by atoms with van der Waals surface area (Å²) in [5, 5.41) is 8.95. The van der Waals surface area contributed by atoms with Gasteiger partial charge in [0.1, 0.15) is 11.8 Å². The van der Waals surface area contributed by atoms with E-state index in [0.29, 0.717) is 24.3 Å². The molecule has 3 aromatic rings. The average molecular weight is 655 g/mol. The maximum absolute atomic E-state index is 13.6. The van der Waals surface area contributed by atoms with E-state index in [-0.39, 0.29) is 40.6 Å². The Balaban J connectivity index is 1.38. The molecule has 0 radical (unpaired) electrons. The van der Waals surface area contributed by atoms with Crippen LogP contribution in [0.4, 0.5) is 5.69 Å². The van der Waals surface area contributed by atoms with E-state index in [0.717, 1.165) is 5.56 Å². The average Bonchev–Trinajstić information content (AvgIpc) is 3.26. The first kappa shape index (κ1) is 33.8. The van der Waals surface area contributed by atoms with Gasteiger partial charge >= 0.3 is 5.97 Å². The predicted octanol–water partition coefficient (Wildman–Crippen LogP) is 6.04. The van der Waals surface area contributed by atoms with Gasteiger partial charge in [-0.3, -0.25) is 14.4 Å². The number of halogens is 2. The Kier molecular flexibility index (Phi) is 10.8. The van der Waals surface area contributed by atoms with Crippen molar-refractivity contribution in [3.63, 3.8) is 0 Å². The number of hydrogen-bond acceptors (Lipinski definition) is 6. The lowest BCUT2D eigenvalue weighted by molar-refractivity contribution is -0.147. The number of nitrogens with one attached hydrogen (secondary N) is 3. The van der Waals surface area contributed by atoms with E-state index >= 15 is 0 Å². The number of methoxy groups -OCH3 is 1. The van der Waals surface area contributed by atoms with Crippen LogP contribution in [-0.2, 0) is 25.5 Å². The summed E-state index contributed by atoms with van der Waals surface area (Å²) in [5.74, 6) is -1.46. The molecule has 45 heavy (non-hydrogen) atoms. The van der Waals surface area contributed by atoms with Gasteiger partial charge in [-0.05, 0) is 60.2 Å². The molecule has 3 atom stereocenters.